The van der Waals surface area contributed by atoms with Crippen molar-refractivity contribution >= 4 is 17.8 Å². The van der Waals surface area contributed by atoms with Crippen molar-refractivity contribution in [3.8, 4) is 0 Å². The first kappa shape index (κ1) is 14.8. The van der Waals surface area contributed by atoms with Crippen LogP contribution in [0.4, 0.5) is 4.79 Å². The van der Waals surface area contributed by atoms with E-state index in [0.717, 1.165) is 12.8 Å². The molecule has 0 aliphatic carbocycles. The molecule has 7 heteroatoms. The number of likely N-dealkylation sites (N-methyl/N-ethyl adjacent to an activating group) is 1. The van der Waals surface area contributed by atoms with E-state index in [1.807, 2.05) is 0 Å². The number of carbonyl (C=O) groups excluding carboxylic acids is 3. The molecule has 0 bridgehead atoms. The van der Waals surface area contributed by atoms with Gasteiger partial charge in [-0.05, 0) is 19.3 Å². The van der Waals surface area contributed by atoms with Crippen LogP contribution >= 0.6 is 0 Å². The first-order valence-corrected chi connectivity index (χ1v) is 7.00. The highest BCUT2D eigenvalue weighted by Gasteiger charge is 2.33. The lowest BCUT2D eigenvalue weighted by molar-refractivity contribution is -0.133. The molecule has 0 saturated carbocycles. The maximum atomic E-state index is 12.0. The zero-order valence-corrected chi connectivity index (χ0v) is 11.7. The number of rotatable bonds is 5. The van der Waals surface area contributed by atoms with Crippen molar-refractivity contribution in [3.63, 3.8) is 0 Å². The molecule has 0 aromatic rings. The highest BCUT2D eigenvalue weighted by atomic mass is 16.3. The van der Waals surface area contributed by atoms with Crippen LogP contribution in [0.5, 0.6) is 0 Å². The van der Waals surface area contributed by atoms with Crippen LogP contribution in [0.25, 0.3) is 0 Å². The highest BCUT2D eigenvalue weighted by Crippen LogP contribution is 2.18. The molecule has 2 aliphatic rings. The van der Waals surface area contributed by atoms with Gasteiger partial charge < -0.3 is 14.9 Å². The molecule has 0 unspecified atom stereocenters. The van der Waals surface area contributed by atoms with Gasteiger partial charge in [0.1, 0.15) is 6.54 Å². The van der Waals surface area contributed by atoms with Crippen molar-refractivity contribution in [2.24, 2.45) is 0 Å². The van der Waals surface area contributed by atoms with Gasteiger partial charge in [0.25, 0.3) is 0 Å². The Morgan fingerprint density at radius 3 is 2.75 bits per heavy atom. The zero-order chi connectivity index (χ0) is 14.7. The molecule has 2 aliphatic heterocycles. The average molecular weight is 283 g/mol. The van der Waals surface area contributed by atoms with E-state index in [2.05, 4.69) is 0 Å². The van der Waals surface area contributed by atoms with Crippen LogP contribution in [0.2, 0.25) is 0 Å². The van der Waals surface area contributed by atoms with Gasteiger partial charge >= 0.3 is 6.03 Å². The van der Waals surface area contributed by atoms with Crippen molar-refractivity contribution in [1.29, 1.82) is 0 Å². The molecule has 0 radical (unpaired) electrons. The quantitative estimate of drug-likeness (QED) is 0.699. The van der Waals surface area contributed by atoms with Gasteiger partial charge in [-0.25, -0.2) is 4.79 Å². The summed E-state index contributed by atoms with van der Waals surface area (Å²) in [5.41, 5.74) is 0. The lowest BCUT2D eigenvalue weighted by atomic mass is 10.2. The van der Waals surface area contributed by atoms with Crippen LogP contribution < -0.4 is 0 Å². The number of urea groups is 1. The minimum absolute atomic E-state index is 0.000366. The standard InChI is InChI=1S/C13H21N3O4/c1-14-8-12(19)16(13(14)20)7-3-5-11(18)15-6-2-4-10(15)9-17/h10,17H,2-9H2,1H3/t10-/m0/s1. The summed E-state index contributed by atoms with van der Waals surface area (Å²) in [6.07, 6.45) is 2.54. The van der Waals surface area contributed by atoms with E-state index in [4.69, 9.17) is 0 Å². The molecular formula is C13H21N3O4. The molecule has 2 fully saturated rings. The summed E-state index contributed by atoms with van der Waals surface area (Å²) in [4.78, 5) is 39.5. The van der Waals surface area contributed by atoms with E-state index in [1.54, 1.807) is 11.9 Å². The minimum atomic E-state index is -0.295. The Morgan fingerprint density at radius 1 is 1.40 bits per heavy atom. The Bertz CT molecular complexity index is 412. The number of amides is 4. The molecule has 0 aromatic carbocycles. The van der Waals surface area contributed by atoms with Crippen LogP contribution in [-0.4, -0.2) is 77.0 Å². The fraction of sp³-hybridized carbons (Fsp3) is 0.769. The topological polar surface area (TPSA) is 81.2 Å². The molecule has 0 spiro atoms. The average Bonchev–Trinajstić information content (AvgIpc) is 2.98. The molecule has 1 atom stereocenters. The Balaban J connectivity index is 1.77. The van der Waals surface area contributed by atoms with Crippen molar-refractivity contribution in [1.82, 2.24) is 14.7 Å². The molecule has 4 amide bonds. The van der Waals surface area contributed by atoms with E-state index < -0.39 is 0 Å². The molecular weight excluding hydrogens is 262 g/mol. The van der Waals surface area contributed by atoms with Gasteiger partial charge in [-0.15, -0.1) is 0 Å². The maximum Gasteiger partial charge on any atom is 0.326 e. The predicted molar refractivity (Wildman–Crippen MR) is 70.8 cm³/mol. The molecule has 1 N–H and O–H groups in total. The largest absolute Gasteiger partial charge is 0.394 e. The van der Waals surface area contributed by atoms with Crippen LogP contribution in [0.3, 0.4) is 0 Å². The second kappa shape index (κ2) is 6.21. The van der Waals surface area contributed by atoms with Gasteiger partial charge in [0, 0.05) is 26.6 Å². The maximum absolute atomic E-state index is 12.0. The van der Waals surface area contributed by atoms with Gasteiger partial charge in [-0.3, -0.25) is 14.5 Å². The number of hydrogen-bond donors (Lipinski definition) is 1. The van der Waals surface area contributed by atoms with Crippen LogP contribution in [0.1, 0.15) is 25.7 Å². The van der Waals surface area contributed by atoms with Crippen molar-refractivity contribution in [2.75, 3.05) is 33.3 Å². The summed E-state index contributed by atoms with van der Waals surface area (Å²) in [5, 5.41) is 9.19. The second-order valence-corrected chi connectivity index (χ2v) is 5.35. The summed E-state index contributed by atoms with van der Waals surface area (Å²) in [6.45, 7) is 1.09. The van der Waals surface area contributed by atoms with E-state index in [-0.39, 0.29) is 43.6 Å². The lowest BCUT2D eigenvalue weighted by Crippen LogP contribution is -2.38. The lowest BCUT2D eigenvalue weighted by Gasteiger charge is -2.23. The van der Waals surface area contributed by atoms with Crippen LogP contribution in [0, 0.1) is 0 Å². The van der Waals surface area contributed by atoms with Gasteiger partial charge in [0.15, 0.2) is 0 Å². The minimum Gasteiger partial charge on any atom is -0.394 e. The predicted octanol–water partition coefficient (Wildman–Crippen LogP) is -0.356. The molecule has 7 nitrogen and oxygen atoms in total. The molecule has 20 heavy (non-hydrogen) atoms. The fourth-order valence-corrected chi connectivity index (χ4v) is 2.77. The molecule has 112 valence electrons. The number of aliphatic hydroxyl groups is 1. The third-order valence-corrected chi connectivity index (χ3v) is 3.91. The van der Waals surface area contributed by atoms with E-state index in [9.17, 15) is 19.5 Å². The highest BCUT2D eigenvalue weighted by molar-refractivity contribution is 6.01. The third-order valence-electron chi connectivity index (χ3n) is 3.91. The fourth-order valence-electron chi connectivity index (χ4n) is 2.77. The summed E-state index contributed by atoms with van der Waals surface area (Å²) in [7, 11) is 1.58. The van der Waals surface area contributed by atoms with Crippen molar-refractivity contribution in [3.05, 3.63) is 0 Å². The van der Waals surface area contributed by atoms with Crippen LogP contribution in [-0.2, 0) is 9.59 Å². The van der Waals surface area contributed by atoms with Crippen LogP contribution in [0.15, 0.2) is 0 Å². The number of hydrogen-bond acceptors (Lipinski definition) is 4. The summed E-state index contributed by atoms with van der Waals surface area (Å²) >= 11 is 0. The second-order valence-electron chi connectivity index (χ2n) is 5.35. The number of aliphatic hydroxyl groups excluding tert-OH is 1. The normalized spacial score (nSPS) is 23.1. The smallest absolute Gasteiger partial charge is 0.326 e. The number of carbonyl (C=O) groups is 3. The number of imide groups is 1. The molecule has 2 heterocycles. The van der Waals surface area contributed by atoms with Gasteiger partial charge in [0.05, 0.1) is 12.6 Å². The first-order chi connectivity index (χ1) is 9.54. The SMILES string of the molecule is CN1CC(=O)N(CCCC(=O)N2CCC[C@H]2CO)C1=O. The first-order valence-electron chi connectivity index (χ1n) is 7.00. The molecule has 2 saturated heterocycles. The Hall–Kier alpha value is -1.63. The number of likely N-dealkylation sites (tertiary alicyclic amines) is 1. The van der Waals surface area contributed by atoms with E-state index >= 15 is 0 Å². The van der Waals surface area contributed by atoms with Crippen molar-refractivity contribution in [2.45, 2.75) is 31.7 Å². The van der Waals surface area contributed by atoms with Gasteiger partial charge in [0.2, 0.25) is 11.8 Å². The third kappa shape index (κ3) is 2.92. The van der Waals surface area contributed by atoms with Crippen molar-refractivity contribution < 1.29 is 19.5 Å². The Kier molecular flexibility index (Phi) is 4.59. The summed E-state index contributed by atoms with van der Waals surface area (Å²) in [5.74, 6) is -0.214. The zero-order valence-electron chi connectivity index (χ0n) is 11.7. The monoisotopic (exact) mass is 283 g/mol. The summed E-state index contributed by atoms with van der Waals surface area (Å²) < 4.78 is 0. The van der Waals surface area contributed by atoms with Gasteiger partial charge in [-0.1, -0.05) is 0 Å². The number of nitrogens with zero attached hydrogens (tertiary/aromatic N) is 3. The Labute approximate surface area is 118 Å². The Morgan fingerprint density at radius 2 is 2.15 bits per heavy atom. The van der Waals surface area contributed by atoms with E-state index in [0.29, 0.717) is 19.4 Å². The molecule has 0 aromatic heterocycles. The molecule has 2 rings (SSSR count). The van der Waals surface area contributed by atoms with Gasteiger partial charge in [-0.2, -0.15) is 0 Å². The van der Waals surface area contributed by atoms with E-state index in [1.165, 1.54) is 9.80 Å². The summed E-state index contributed by atoms with van der Waals surface area (Å²) in [6, 6.07) is -0.361.